The van der Waals surface area contributed by atoms with Gasteiger partial charge in [0.2, 0.25) is 0 Å². The summed E-state index contributed by atoms with van der Waals surface area (Å²) in [7, 11) is 5.84. The van der Waals surface area contributed by atoms with Gasteiger partial charge in [-0.15, -0.1) is 0 Å². The van der Waals surface area contributed by atoms with Crippen LogP contribution in [0.4, 0.5) is 0 Å². The molecule has 0 fully saturated rings. The van der Waals surface area contributed by atoms with Gasteiger partial charge in [0, 0.05) is 24.2 Å². The van der Waals surface area contributed by atoms with Crippen LogP contribution in [0.3, 0.4) is 0 Å². The summed E-state index contributed by atoms with van der Waals surface area (Å²) in [5.41, 5.74) is 1.19. The maximum Gasteiger partial charge on any atom is 0.127 e. The van der Waals surface area contributed by atoms with Crippen molar-refractivity contribution in [1.29, 1.82) is 0 Å². The Labute approximate surface area is 129 Å². The monoisotopic (exact) mass is 294 g/mol. The number of rotatable bonds is 10. The van der Waals surface area contributed by atoms with Crippen molar-refractivity contribution in [2.75, 3.05) is 40.9 Å². The van der Waals surface area contributed by atoms with Crippen LogP contribution in [0.1, 0.15) is 38.3 Å². The number of nitrogens with one attached hydrogen (secondary N) is 1. The highest BCUT2D eigenvalue weighted by atomic mass is 16.5. The Morgan fingerprint density at radius 2 is 2.05 bits per heavy atom. The van der Waals surface area contributed by atoms with E-state index in [1.54, 1.807) is 7.11 Å². The summed E-state index contributed by atoms with van der Waals surface area (Å²) < 4.78 is 11.3. The maximum absolute atomic E-state index is 5.98. The molecule has 0 radical (unpaired) electrons. The van der Waals surface area contributed by atoms with Gasteiger partial charge in [0.05, 0.1) is 13.7 Å². The molecule has 0 aliphatic rings. The molecule has 0 heterocycles. The highest BCUT2D eigenvalue weighted by Gasteiger charge is 2.12. The normalized spacial score (nSPS) is 12.5. The molecule has 0 spiro atoms. The van der Waals surface area contributed by atoms with Crippen LogP contribution in [0.2, 0.25) is 0 Å². The number of benzene rings is 1. The third-order valence-electron chi connectivity index (χ3n) is 3.39. The number of nitrogens with zero attached hydrogens (tertiary/aromatic N) is 1. The van der Waals surface area contributed by atoms with Crippen LogP contribution >= 0.6 is 0 Å². The quantitative estimate of drug-likeness (QED) is 0.672. The summed E-state index contributed by atoms with van der Waals surface area (Å²) in [4.78, 5) is 2.17. The predicted molar refractivity (Wildman–Crippen MR) is 88.4 cm³/mol. The van der Waals surface area contributed by atoms with E-state index in [1.165, 1.54) is 5.56 Å². The van der Waals surface area contributed by atoms with Crippen molar-refractivity contribution < 1.29 is 9.47 Å². The summed E-state index contributed by atoms with van der Waals surface area (Å²) in [5, 5.41) is 3.51. The number of ether oxygens (including phenoxy) is 2. The van der Waals surface area contributed by atoms with Crippen LogP contribution in [-0.4, -0.2) is 45.8 Å². The van der Waals surface area contributed by atoms with E-state index >= 15 is 0 Å². The Kier molecular flexibility index (Phi) is 8.16. The average Bonchev–Trinajstić information content (AvgIpc) is 2.48. The molecule has 120 valence electrons. The average molecular weight is 294 g/mol. The zero-order valence-corrected chi connectivity index (χ0v) is 14.1. The van der Waals surface area contributed by atoms with E-state index in [0.29, 0.717) is 0 Å². The Morgan fingerprint density at radius 1 is 1.29 bits per heavy atom. The third kappa shape index (κ3) is 6.36. The van der Waals surface area contributed by atoms with Gasteiger partial charge in [-0.25, -0.2) is 0 Å². The van der Waals surface area contributed by atoms with Crippen LogP contribution in [0.15, 0.2) is 18.2 Å². The van der Waals surface area contributed by atoms with E-state index < -0.39 is 0 Å². The lowest BCUT2D eigenvalue weighted by Crippen LogP contribution is -2.20. The van der Waals surface area contributed by atoms with Gasteiger partial charge in [0.25, 0.3) is 0 Å². The molecule has 0 aliphatic heterocycles. The first-order valence-corrected chi connectivity index (χ1v) is 7.77. The summed E-state index contributed by atoms with van der Waals surface area (Å²) in [5.74, 6) is 1.76. The second-order valence-corrected chi connectivity index (χ2v) is 5.58. The van der Waals surface area contributed by atoms with Crippen LogP contribution in [-0.2, 0) is 0 Å². The second-order valence-electron chi connectivity index (χ2n) is 5.58. The molecule has 1 unspecified atom stereocenters. The van der Waals surface area contributed by atoms with Gasteiger partial charge in [-0.1, -0.05) is 13.0 Å². The lowest BCUT2D eigenvalue weighted by molar-refractivity contribution is 0.276. The molecule has 1 atom stereocenters. The lowest BCUT2D eigenvalue weighted by Gasteiger charge is -2.19. The van der Waals surface area contributed by atoms with Crippen molar-refractivity contribution in [2.45, 2.75) is 32.7 Å². The second kappa shape index (κ2) is 9.64. The Hall–Kier alpha value is -1.26. The molecule has 0 saturated heterocycles. The topological polar surface area (TPSA) is 33.7 Å². The van der Waals surface area contributed by atoms with Gasteiger partial charge in [0.15, 0.2) is 0 Å². The predicted octanol–water partition coefficient (Wildman–Crippen LogP) is 3.09. The van der Waals surface area contributed by atoms with Gasteiger partial charge >= 0.3 is 0 Å². The number of hydrogen-bond donors (Lipinski definition) is 1. The van der Waals surface area contributed by atoms with E-state index in [1.807, 2.05) is 12.1 Å². The van der Waals surface area contributed by atoms with Crippen molar-refractivity contribution in [3.63, 3.8) is 0 Å². The van der Waals surface area contributed by atoms with Crippen LogP contribution in [0.25, 0.3) is 0 Å². The number of hydrogen-bond acceptors (Lipinski definition) is 4. The van der Waals surface area contributed by atoms with Crippen molar-refractivity contribution in [3.8, 4) is 11.5 Å². The molecule has 1 N–H and O–H groups in total. The van der Waals surface area contributed by atoms with E-state index in [9.17, 15) is 0 Å². The molecule has 4 heteroatoms. The van der Waals surface area contributed by atoms with E-state index in [0.717, 1.165) is 44.0 Å². The standard InChI is InChI=1S/C17H30N2O2/c1-6-10-18-14(2)16-9-8-15(20-5)13-17(16)21-12-7-11-19(3)4/h8-9,13-14,18H,6-7,10-12H2,1-5H3. The van der Waals surface area contributed by atoms with Gasteiger partial charge in [-0.2, -0.15) is 0 Å². The summed E-state index contributed by atoms with van der Waals surface area (Å²) in [6, 6.07) is 6.34. The van der Waals surface area contributed by atoms with Crippen molar-refractivity contribution in [3.05, 3.63) is 23.8 Å². The molecule has 0 aromatic heterocycles. The molecule has 21 heavy (non-hydrogen) atoms. The fourth-order valence-electron chi connectivity index (χ4n) is 2.16. The molecule has 0 amide bonds. The van der Waals surface area contributed by atoms with Gasteiger partial charge < -0.3 is 19.7 Å². The summed E-state index contributed by atoms with van der Waals surface area (Å²) in [6.07, 6.45) is 2.14. The molecule has 1 aromatic rings. The fourth-order valence-corrected chi connectivity index (χ4v) is 2.16. The fraction of sp³-hybridized carbons (Fsp3) is 0.647. The molecule has 0 aliphatic carbocycles. The number of methoxy groups -OCH3 is 1. The summed E-state index contributed by atoms with van der Waals surface area (Å²) in [6.45, 7) is 7.10. The smallest absolute Gasteiger partial charge is 0.127 e. The molecule has 0 saturated carbocycles. The zero-order chi connectivity index (χ0) is 15.7. The van der Waals surface area contributed by atoms with E-state index in [-0.39, 0.29) is 6.04 Å². The molecule has 0 bridgehead atoms. The van der Waals surface area contributed by atoms with Gasteiger partial charge in [0.1, 0.15) is 11.5 Å². The molecule has 1 rings (SSSR count). The maximum atomic E-state index is 5.98. The highest BCUT2D eigenvalue weighted by Crippen LogP contribution is 2.29. The first-order valence-electron chi connectivity index (χ1n) is 7.77. The lowest BCUT2D eigenvalue weighted by atomic mass is 10.1. The molecule has 4 nitrogen and oxygen atoms in total. The van der Waals surface area contributed by atoms with Crippen LogP contribution in [0, 0.1) is 0 Å². The van der Waals surface area contributed by atoms with Gasteiger partial charge in [-0.3, -0.25) is 0 Å². The van der Waals surface area contributed by atoms with E-state index in [4.69, 9.17) is 9.47 Å². The zero-order valence-electron chi connectivity index (χ0n) is 14.1. The largest absolute Gasteiger partial charge is 0.497 e. The minimum Gasteiger partial charge on any atom is -0.497 e. The van der Waals surface area contributed by atoms with Crippen LogP contribution in [0.5, 0.6) is 11.5 Å². The van der Waals surface area contributed by atoms with E-state index in [2.05, 4.69) is 44.2 Å². The Balaban J connectivity index is 2.72. The van der Waals surface area contributed by atoms with Crippen molar-refractivity contribution >= 4 is 0 Å². The molecular weight excluding hydrogens is 264 g/mol. The Morgan fingerprint density at radius 3 is 2.67 bits per heavy atom. The van der Waals surface area contributed by atoms with Gasteiger partial charge in [-0.05, 0) is 46.5 Å². The van der Waals surface area contributed by atoms with Crippen molar-refractivity contribution in [1.82, 2.24) is 10.2 Å². The highest BCUT2D eigenvalue weighted by molar-refractivity contribution is 5.42. The van der Waals surface area contributed by atoms with Crippen molar-refractivity contribution in [2.24, 2.45) is 0 Å². The Bertz CT molecular complexity index is 408. The first kappa shape index (κ1) is 17.8. The minimum absolute atomic E-state index is 0.278. The first-order chi connectivity index (χ1) is 10.1. The van der Waals surface area contributed by atoms with Crippen LogP contribution < -0.4 is 14.8 Å². The molecular formula is C17H30N2O2. The molecule has 1 aromatic carbocycles. The summed E-state index contributed by atoms with van der Waals surface area (Å²) >= 11 is 0. The third-order valence-corrected chi connectivity index (χ3v) is 3.39. The SMILES string of the molecule is CCCNC(C)c1ccc(OC)cc1OCCCN(C)C. The minimum atomic E-state index is 0.278.